The van der Waals surface area contributed by atoms with E-state index >= 15 is 0 Å². The summed E-state index contributed by atoms with van der Waals surface area (Å²) in [7, 11) is 0. The zero-order valence-electron chi connectivity index (χ0n) is 5.61. The maximum atomic E-state index is 10.4. The molecule has 0 bridgehead atoms. The molecule has 0 aliphatic carbocycles. The zero-order chi connectivity index (χ0) is 7.68. The second-order valence-corrected chi connectivity index (χ2v) is 2.15. The molecule has 0 amide bonds. The van der Waals surface area contributed by atoms with Crippen molar-refractivity contribution in [3.63, 3.8) is 0 Å². The number of pyridine rings is 1. The van der Waals surface area contributed by atoms with Gasteiger partial charge in [0.25, 0.3) is 0 Å². The number of carbonyl (C=O) groups is 1. The molecule has 2 aromatic heterocycles. The summed E-state index contributed by atoms with van der Waals surface area (Å²) in [5, 5.41) is 7.29. The summed E-state index contributed by atoms with van der Waals surface area (Å²) in [6.07, 6.45) is 3.99. The van der Waals surface area contributed by atoms with Gasteiger partial charge in [0.2, 0.25) is 0 Å². The molecule has 4 nitrogen and oxygen atoms in total. The minimum atomic E-state index is 0.502. The highest BCUT2D eigenvalue weighted by Gasteiger charge is 2.01. The van der Waals surface area contributed by atoms with E-state index in [0.29, 0.717) is 5.69 Å². The number of fused-ring (bicyclic) bond motifs is 1. The second-order valence-electron chi connectivity index (χ2n) is 2.15. The molecule has 0 atom stereocenters. The molecule has 0 saturated heterocycles. The lowest BCUT2D eigenvalue weighted by molar-refractivity contribution is 0.112. The van der Waals surface area contributed by atoms with Crippen LogP contribution in [-0.4, -0.2) is 21.5 Å². The highest BCUT2D eigenvalue weighted by Crippen LogP contribution is 2.10. The molecule has 11 heavy (non-hydrogen) atoms. The number of hydrogen-bond acceptors (Lipinski definition) is 3. The lowest BCUT2D eigenvalue weighted by Crippen LogP contribution is -1.78. The number of aromatic amines is 1. The predicted octanol–water partition coefficient (Wildman–Crippen LogP) is 0.770. The van der Waals surface area contributed by atoms with Crippen molar-refractivity contribution < 1.29 is 4.79 Å². The Morgan fingerprint density at radius 1 is 1.55 bits per heavy atom. The Bertz CT molecular complexity index is 393. The van der Waals surface area contributed by atoms with Crippen LogP contribution in [-0.2, 0) is 0 Å². The van der Waals surface area contributed by atoms with Gasteiger partial charge in [0.1, 0.15) is 11.2 Å². The SMILES string of the molecule is O=Cc1[nH]nc2cnccc12. The monoisotopic (exact) mass is 147 g/mol. The number of H-pyrrole nitrogens is 1. The van der Waals surface area contributed by atoms with Crippen molar-refractivity contribution in [1.29, 1.82) is 0 Å². The van der Waals surface area contributed by atoms with E-state index in [1.807, 2.05) is 0 Å². The van der Waals surface area contributed by atoms with Gasteiger partial charge in [-0.3, -0.25) is 14.9 Å². The number of aldehydes is 1. The van der Waals surface area contributed by atoms with E-state index < -0.39 is 0 Å². The largest absolute Gasteiger partial charge is 0.296 e. The molecule has 0 radical (unpaired) electrons. The topological polar surface area (TPSA) is 58.6 Å². The Labute approximate surface area is 62.3 Å². The standard InChI is InChI=1S/C7H5N3O/c11-4-7-5-1-2-8-3-6(5)9-10-7/h1-4H,(H,9,10). The van der Waals surface area contributed by atoms with E-state index in [2.05, 4.69) is 15.2 Å². The summed E-state index contributed by atoms with van der Waals surface area (Å²) in [4.78, 5) is 14.3. The fourth-order valence-electron chi connectivity index (χ4n) is 0.973. The van der Waals surface area contributed by atoms with E-state index in [-0.39, 0.29) is 0 Å². The summed E-state index contributed by atoms with van der Waals surface area (Å²) in [5.41, 5.74) is 1.22. The average molecular weight is 147 g/mol. The molecule has 0 saturated carbocycles. The highest BCUT2D eigenvalue weighted by molar-refractivity contribution is 5.94. The highest BCUT2D eigenvalue weighted by atomic mass is 16.1. The van der Waals surface area contributed by atoms with Crippen molar-refractivity contribution in [2.24, 2.45) is 0 Å². The normalized spacial score (nSPS) is 10.2. The number of nitrogens with one attached hydrogen (secondary N) is 1. The zero-order valence-corrected chi connectivity index (χ0v) is 5.61. The number of carbonyl (C=O) groups excluding carboxylic acids is 1. The van der Waals surface area contributed by atoms with Crippen LogP contribution in [0.2, 0.25) is 0 Å². The second kappa shape index (κ2) is 2.16. The van der Waals surface area contributed by atoms with Crippen LogP contribution in [0.3, 0.4) is 0 Å². The minimum Gasteiger partial charge on any atom is -0.296 e. The third kappa shape index (κ3) is 0.797. The number of hydrogen-bond donors (Lipinski definition) is 1. The van der Waals surface area contributed by atoms with E-state index in [9.17, 15) is 4.79 Å². The summed E-state index contributed by atoms with van der Waals surface area (Å²) in [6, 6.07) is 1.75. The van der Waals surface area contributed by atoms with Crippen molar-refractivity contribution in [3.8, 4) is 0 Å². The van der Waals surface area contributed by atoms with E-state index in [4.69, 9.17) is 0 Å². The Kier molecular flexibility index (Phi) is 1.18. The molecule has 2 rings (SSSR count). The Hall–Kier alpha value is -1.71. The number of nitrogens with zero attached hydrogens (tertiary/aromatic N) is 2. The molecule has 2 aromatic rings. The van der Waals surface area contributed by atoms with E-state index in [1.165, 1.54) is 0 Å². The first-order chi connectivity index (χ1) is 5.42. The van der Waals surface area contributed by atoms with Gasteiger partial charge in [-0.25, -0.2) is 0 Å². The summed E-state index contributed by atoms with van der Waals surface area (Å²) < 4.78 is 0. The molecule has 54 valence electrons. The Morgan fingerprint density at radius 3 is 3.27 bits per heavy atom. The molecule has 0 spiro atoms. The smallest absolute Gasteiger partial charge is 0.168 e. The molecular weight excluding hydrogens is 142 g/mol. The van der Waals surface area contributed by atoms with Crippen LogP contribution in [0.15, 0.2) is 18.5 Å². The Balaban J connectivity index is 2.86. The van der Waals surface area contributed by atoms with Crippen LogP contribution in [0.25, 0.3) is 10.9 Å². The van der Waals surface area contributed by atoms with Gasteiger partial charge in [0.15, 0.2) is 6.29 Å². The summed E-state index contributed by atoms with van der Waals surface area (Å²) in [6.45, 7) is 0. The summed E-state index contributed by atoms with van der Waals surface area (Å²) in [5.74, 6) is 0. The fourth-order valence-corrected chi connectivity index (χ4v) is 0.973. The number of aromatic nitrogens is 3. The average Bonchev–Trinajstić information content (AvgIpc) is 2.47. The van der Waals surface area contributed by atoms with Crippen LogP contribution < -0.4 is 0 Å². The molecular formula is C7H5N3O. The van der Waals surface area contributed by atoms with Crippen LogP contribution in [0.1, 0.15) is 10.5 Å². The molecule has 4 heteroatoms. The quantitative estimate of drug-likeness (QED) is 0.606. The van der Waals surface area contributed by atoms with Crippen molar-refractivity contribution in [3.05, 3.63) is 24.2 Å². The molecule has 0 unspecified atom stereocenters. The number of rotatable bonds is 1. The fraction of sp³-hybridized carbons (Fsp3) is 0. The third-order valence-electron chi connectivity index (χ3n) is 1.50. The molecule has 2 heterocycles. The van der Waals surface area contributed by atoms with Crippen LogP contribution in [0.5, 0.6) is 0 Å². The predicted molar refractivity (Wildman–Crippen MR) is 39.3 cm³/mol. The first-order valence-corrected chi connectivity index (χ1v) is 3.15. The summed E-state index contributed by atoms with van der Waals surface area (Å²) >= 11 is 0. The van der Waals surface area contributed by atoms with Gasteiger partial charge in [0.05, 0.1) is 6.20 Å². The van der Waals surface area contributed by atoms with Crippen molar-refractivity contribution in [1.82, 2.24) is 15.2 Å². The van der Waals surface area contributed by atoms with E-state index in [1.54, 1.807) is 18.5 Å². The molecule has 0 aromatic carbocycles. The van der Waals surface area contributed by atoms with E-state index in [0.717, 1.165) is 17.2 Å². The van der Waals surface area contributed by atoms with Crippen LogP contribution in [0.4, 0.5) is 0 Å². The molecule has 0 aliphatic heterocycles. The van der Waals surface area contributed by atoms with Gasteiger partial charge in [-0.2, -0.15) is 5.10 Å². The van der Waals surface area contributed by atoms with Crippen molar-refractivity contribution in [2.75, 3.05) is 0 Å². The van der Waals surface area contributed by atoms with Crippen molar-refractivity contribution >= 4 is 17.2 Å². The maximum Gasteiger partial charge on any atom is 0.168 e. The first-order valence-electron chi connectivity index (χ1n) is 3.15. The molecule has 0 fully saturated rings. The van der Waals surface area contributed by atoms with Gasteiger partial charge < -0.3 is 0 Å². The van der Waals surface area contributed by atoms with Crippen molar-refractivity contribution in [2.45, 2.75) is 0 Å². The van der Waals surface area contributed by atoms with Gasteiger partial charge >= 0.3 is 0 Å². The molecule has 1 N–H and O–H groups in total. The van der Waals surface area contributed by atoms with Gasteiger partial charge in [-0.15, -0.1) is 0 Å². The first kappa shape index (κ1) is 6.03. The maximum absolute atomic E-state index is 10.4. The van der Waals surface area contributed by atoms with Gasteiger partial charge in [-0.05, 0) is 6.07 Å². The third-order valence-corrected chi connectivity index (χ3v) is 1.50. The van der Waals surface area contributed by atoms with Crippen LogP contribution >= 0.6 is 0 Å². The Morgan fingerprint density at radius 2 is 2.45 bits per heavy atom. The molecule has 0 aliphatic rings. The van der Waals surface area contributed by atoms with Crippen LogP contribution in [0, 0.1) is 0 Å². The lowest BCUT2D eigenvalue weighted by Gasteiger charge is -1.83. The minimum absolute atomic E-state index is 0.502. The lowest BCUT2D eigenvalue weighted by atomic mass is 10.3. The van der Waals surface area contributed by atoms with Gasteiger partial charge in [-0.1, -0.05) is 0 Å². The van der Waals surface area contributed by atoms with Gasteiger partial charge in [0, 0.05) is 11.6 Å².